The topological polar surface area (TPSA) is 86.0 Å². The second-order valence-corrected chi connectivity index (χ2v) is 11.5. The van der Waals surface area contributed by atoms with Gasteiger partial charge in [-0.25, -0.2) is 12.4 Å². The van der Waals surface area contributed by atoms with Crippen LogP contribution in [0.5, 0.6) is 0 Å². The van der Waals surface area contributed by atoms with Gasteiger partial charge in [0.1, 0.15) is 0 Å². The maximum Gasteiger partial charge on any atom is 0.417 e. The van der Waals surface area contributed by atoms with Crippen LogP contribution in [0.25, 0.3) is 27.8 Å². The third-order valence-electron chi connectivity index (χ3n) is 7.11. The fraction of sp³-hybridized carbons (Fsp3) is 0.172. The van der Waals surface area contributed by atoms with E-state index in [4.69, 9.17) is 0 Å². The second-order valence-electron chi connectivity index (χ2n) is 9.69. The molecule has 0 unspecified atom stereocenters. The molecule has 0 spiro atoms. The zero-order valence-corrected chi connectivity index (χ0v) is 22.1. The fourth-order valence-corrected chi connectivity index (χ4v) is 6.63. The van der Waals surface area contributed by atoms with Crippen molar-refractivity contribution in [2.75, 3.05) is 6.54 Å². The van der Waals surface area contributed by atoms with Crippen LogP contribution in [0.4, 0.5) is 13.2 Å². The Bertz CT molecular complexity index is 1930. The first-order valence-corrected chi connectivity index (χ1v) is 13.9. The minimum absolute atomic E-state index is 0.166. The lowest BCUT2D eigenvalue weighted by Crippen LogP contribution is -2.27. The van der Waals surface area contributed by atoms with E-state index in [1.807, 2.05) is 13.0 Å². The zero-order valence-electron chi connectivity index (χ0n) is 21.2. The maximum atomic E-state index is 13.9. The molecule has 2 aromatic carbocycles. The van der Waals surface area contributed by atoms with Crippen molar-refractivity contribution in [3.63, 3.8) is 0 Å². The highest BCUT2D eigenvalue weighted by Gasteiger charge is 2.31. The van der Waals surface area contributed by atoms with E-state index < -0.39 is 27.3 Å². The van der Waals surface area contributed by atoms with Crippen LogP contribution in [-0.4, -0.2) is 28.5 Å². The number of aryl methyl sites for hydroxylation is 1. The molecule has 0 amide bonds. The summed E-state index contributed by atoms with van der Waals surface area (Å²) >= 11 is 0. The van der Waals surface area contributed by atoms with Crippen LogP contribution in [0.1, 0.15) is 22.4 Å². The molecule has 5 aromatic rings. The van der Waals surface area contributed by atoms with E-state index in [2.05, 4.69) is 10.3 Å². The number of alkyl halides is 3. The highest BCUT2D eigenvalue weighted by molar-refractivity contribution is 7.90. The maximum absolute atomic E-state index is 13.9. The van der Waals surface area contributed by atoms with Gasteiger partial charge in [-0.1, -0.05) is 23.8 Å². The molecule has 0 fully saturated rings. The predicted octanol–water partition coefficient (Wildman–Crippen LogP) is 5.06. The number of pyridine rings is 2. The lowest BCUT2D eigenvalue weighted by atomic mass is 10.0. The standard InChI is InChI=1S/C29H23F3N4O3S/c1-18-2-6-22(7-3-18)40(38,39)36-26-15-21(5-8-23(26)24-10-12-33-17-27(24)36)35-13-11-19(14-28(35)37)25-9-4-20(16-34-25)29(30,31)32/h2-9,11,13-16,33H,10,12,17H2,1H3. The predicted molar refractivity (Wildman–Crippen MR) is 145 cm³/mol. The van der Waals surface area contributed by atoms with Crippen molar-refractivity contribution in [1.82, 2.24) is 18.8 Å². The molecule has 3 aromatic heterocycles. The summed E-state index contributed by atoms with van der Waals surface area (Å²) in [5, 5.41) is 4.06. The van der Waals surface area contributed by atoms with E-state index >= 15 is 0 Å². The Morgan fingerprint density at radius 1 is 0.975 bits per heavy atom. The highest BCUT2D eigenvalue weighted by atomic mass is 32.2. The van der Waals surface area contributed by atoms with E-state index in [1.54, 1.807) is 42.5 Å². The number of nitrogens with one attached hydrogen (secondary N) is 1. The van der Waals surface area contributed by atoms with Crippen molar-refractivity contribution < 1.29 is 21.6 Å². The summed E-state index contributed by atoms with van der Waals surface area (Å²) in [5.41, 5.74) is 2.75. The second kappa shape index (κ2) is 9.46. The van der Waals surface area contributed by atoms with Gasteiger partial charge < -0.3 is 5.32 Å². The number of halogens is 3. The Balaban J connectivity index is 1.46. The minimum atomic E-state index is -4.51. The van der Waals surface area contributed by atoms with Crippen LogP contribution in [-0.2, 0) is 29.2 Å². The zero-order chi connectivity index (χ0) is 28.2. The van der Waals surface area contributed by atoms with E-state index in [0.29, 0.717) is 35.4 Å². The Morgan fingerprint density at radius 2 is 1.75 bits per heavy atom. The molecule has 0 radical (unpaired) electrons. The van der Waals surface area contributed by atoms with Gasteiger partial charge in [-0.05, 0) is 67.9 Å². The summed E-state index contributed by atoms with van der Waals surface area (Å²) in [6, 6.07) is 16.9. The van der Waals surface area contributed by atoms with Gasteiger partial charge in [-0.3, -0.25) is 14.3 Å². The fourth-order valence-electron chi connectivity index (χ4n) is 5.07. The first-order valence-electron chi connectivity index (χ1n) is 12.5. The van der Waals surface area contributed by atoms with Crippen molar-refractivity contribution in [1.29, 1.82) is 0 Å². The van der Waals surface area contributed by atoms with Crippen molar-refractivity contribution in [3.8, 4) is 16.9 Å². The van der Waals surface area contributed by atoms with Gasteiger partial charge in [0.15, 0.2) is 0 Å². The molecule has 0 aliphatic carbocycles. The molecule has 1 N–H and O–H groups in total. The van der Waals surface area contributed by atoms with Crippen molar-refractivity contribution in [3.05, 3.63) is 112 Å². The Labute approximate surface area is 227 Å². The Kier molecular flexibility index (Phi) is 6.15. The van der Waals surface area contributed by atoms with Crippen LogP contribution in [0.15, 0.2) is 88.8 Å². The van der Waals surface area contributed by atoms with Crippen molar-refractivity contribution in [2.24, 2.45) is 0 Å². The average Bonchev–Trinajstić information content (AvgIpc) is 3.27. The van der Waals surface area contributed by atoms with Gasteiger partial charge in [0.2, 0.25) is 0 Å². The highest BCUT2D eigenvalue weighted by Crippen LogP contribution is 2.34. The van der Waals surface area contributed by atoms with E-state index in [1.165, 1.54) is 26.9 Å². The van der Waals surface area contributed by atoms with Crippen molar-refractivity contribution in [2.45, 2.75) is 31.0 Å². The van der Waals surface area contributed by atoms with Gasteiger partial charge >= 0.3 is 6.18 Å². The first-order chi connectivity index (χ1) is 19.0. The quantitative estimate of drug-likeness (QED) is 0.330. The summed E-state index contributed by atoms with van der Waals surface area (Å²) in [6.07, 6.45) is -1.61. The van der Waals surface area contributed by atoms with E-state index in [-0.39, 0.29) is 10.6 Å². The summed E-state index contributed by atoms with van der Waals surface area (Å²) in [5.74, 6) is 0. The molecule has 204 valence electrons. The molecule has 0 saturated carbocycles. The Hall–Kier alpha value is -4.22. The van der Waals surface area contributed by atoms with Crippen LogP contribution >= 0.6 is 0 Å². The van der Waals surface area contributed by atoms with Crippen LogP contribution in [0.2, 0.25) is 0 Å². The SMILES string of the molecule is Cc1ccc(S(=O)(=O)n2c3c(c4ccc(-n5ccc(-c6ccc(C(F)(F)F)cn6)cc5=O)cc42)CCNC3)cc1. The third-order valence-corrected chi connectivity index (χ3v) is 8.87. The number of hydrogen-bond donors (Lipinski definition) is 1. The summed E-state index contributed by atoms with van der Waals surface area (Å²) < 4.78 is 69.2. The van der Waals surface area contributed by atoms with Gasteiger partial charge in [-0.2, -0.15) is 13.2 Å². The summed E-state index contributed by atoms with van der Waals surface area (Å²) in [7, 11) is -3.95. The van der Waals surface area contributed by atoms with Gasteiger partial charge in [0.25, 0.3) is 15.6 Å². The molecule has 6 rings (SSSR count). The molecule has 0 bridgehead atoms. The molecule has 7 nitrogen and oxygen atoms in total. The number of aromatic nitrogens is 3. The minimum Gasteiger partial charge on any atom is -0.311 e. The summed E-state index contributed by atoms with van der Waals surface area (Å²) in [4.78, 5) is 17.2. The van der Waals surface area contributed by atoms with Gasteiger partial charge in [0, 0.05) is 36.0 Å². The van der Waals surface area contributed by atoms with E-state index in [0.717, 1.165) is 35.3 Å². The number of benzene rings is 2. The molecule has 0 saturated heterocycles. The number of rotatable bonds is 4. The first kappa shape index (κ1) is 26.0. The summed E-state index contributed by atoms with van der Waals surface area (Å²) in [6.45, 7) is 2.99. The molecule has 1 aliphatic rings. The Morgan fingerprint density at radius 3 is 2.42 bits per heavy atom. The number of fused-ring (bicyclic) bond motifs is 3. The lowest BCUT2D eigenvalue weighted by molar-refractivity contribution is -0.137. The van der Waals surface area contributed by atoms with Crippen LogP contribution < -0.4 is 10.9 Å². The van der Waals surface area contributed by atoms with Crippen LogP contribution in [0, 0.1) is 6.92 Å². The molecule has 4 heterocycles. The molecule has 0 atom stereocenters. The number of nitrogens with zero attached hydrogens (tertiary/aromatic N) is 3. The van der Waals surface area contributed by atoms with Gasteiger partial charge in [0.05, 0.1) is 33.1 Å². The van der Waals surface area contributed by atoms with Gasteiger partial charge in [-0.15, -0.1) is 0 Å². The lowest BCUT2D eigenvalue weighted by Gasteiger charge is -2.17. The normalized spacial score (nSPS) is 13.9. The third kappa shape index (κ3) is 4.40. The number of hydrogen-bond acceptors (Lipinski definition) is 5. The molecule has 1 aliphatic heterocycles. The average molecular weight is 565 g/mol. The van der Waals surface area contributed by atoms with E-state index in [9.17, 15) is 26.4 Å². The molecular formula is C29H23F3N4O3S. The smallest absolute Gasteiger partial charge is 0.311 e. The molecule has 11 heteroatoms. The molecular weight excluding hydrogens is 541 g/mol. The molecule has 40 heavy (non-hydrogen) atoms. The van der Waals surface area contributed by atoms with Crippen LogP contribution in [0.3, 0.4) is 0 Å². The largest absolute Gasteiger partial charge is 0.417 e. The monoisotopic (exact) mass is 564 g/mol. The van der Waals surface area contributed by atoms with Crippen molar-refractivity contribution >= 4 is 20.9 Å².